The van der Waals surface area contributed by atoms with Gasteiger partial charge in [0.15, 0.2) is 0 Å². The van der Waals surface area contributed by atoms with Gasteiger partial charge in [-0.05, 0) is 57.7 Å². The molecule has 11 nitrogen and oxygen atoms in total. The van der Waals surface area contributed by atoms with Crippen LogP contribution in [-0.2, 0) is 35.1 Å². The Balaban J connectivity index is 0.00000139. The predicted molar refractivity (Wildman–Crippen MR) is 139 cm³/mol. The highest BCUT2D eigenvalue weighted by Gasteiger charge is 2.24. The van der Waals surface area contributed by atoms with Gasteiger partial charge in [0.05, 0.1) is 18.7 Å². The summed E-state index contributed by atoms with van der Waals surface area (Å²) in [5, 5.41) is 16.9. The Bertz CT molecular complexity index is 872. The number of aromatic hydroxyl groups is 1. The highest BCUT2D eigenvalue weighted by Crippen LogP contribution is 2.11. The van der Waals surface area contributed by atoms with Crippen molar-refractivity contribution in [2.75, 3.05) is 13.1 Å². The van der Waals surface area contributed by atoms with E-state index in [0.29, 0.717) is 0 Å². The van der Waals surface area contributed by atoms with Gasteiger partial charge < -0.3 is 36.3 Å². The van der Waals surface area contributed by atoms with Crippen molar-refractivity contribution in [3.05, 3.63) is 29.8 Å². The third-order valence-electron chi connectivity index (χ3n) is 4.81. The average molecular weight is 523 g/mol. The molecular weight excluding hydrogens is 480 g/mol. The van der Waals surface area contributed by atoms with E-state index in [4.69, 9.17) is 10.5 Å². The average Bonchev–Trinajstić information content (AvgIpc) is 2.81. The molecule has 6 N–H and O–H groups in total. The summed E-state index contributed by atoms with van der Waals surface area (Å²) in [5.74, 6) is -1.69. The van der Waals surface area contributed by atoms with Crippen LogP contribution in [0, 0.1) is 0 Å². The molecule has 0 aliphatic rings. The van der Waals surface area contributed by atoms with Crippen LogP contribution >= 0.6 is 0 Å². The highest BCUT2D eigenvalue weighted by atomic mass is 16.5. The van der Waals surface area contributed by atoms with E-state index >= 15 is 0 Å². The molecule has 0 aliphatic heterocycles. The summed E-state index contributed by atoms with van der Waals surface area (Å²) < 4.78 is 5.09. The second kappa shape index (κ2) is 18.8. The molecule has 0 aliphatic carbocycles. The molecule has 0 saturated heterocycles. The number of hydrogen-bond acceptors (Lipinski definition) is 8. The number of esters is 1. The summed E-state index contributed by atoms with van der Waals surface area (Å²) in [6.07, 6.45) is 2.32. The van der Waals surface area contributed by atoms with Crippen molar-refractivity contribution < 1.29 is 33.8 Å². The number of benzene rings is 1. The van der Waals surface area contributed by atoms with Crippen molar-refractivity contribution in [3.8, 4) is 5.75 Å². The first-order valence-corrected chi connectivity index (χ1v) is 12.4. The Labute approximate surface area is 218 Å². The Morgan fingerprint density at radius 1 is 1.03 bits per heavy atom. The lowest BCUT2D eigenvalue weighted by atomic mass is 10.1. The summed E-state index contributed by atoms with van der Waals surface area (Å²) in [5.41, 5.74) is 6.60. The molecule has 0 spiro atoms. The van der Waals surface area contributed by atoms with Crippen LogP contribution in [0.2, 0.25) is 0 Å². The largest absolute Gasteiger partial charge is 0.508 e. The number of carbonyl (C=O) groups excluding carboxylic acids is 5. The number of phenolic OH excluding ortho intramolecular Hbond substituents is 1. The molecular formula is C26H42N4O7. The quantitative estimate of drug-likeness (QED) is 0.178. The fourth-order valence-electron chi connectivity index (χ4n) is 2.87. The number of carbonyl (C=O) groups is 5. The van der Waals surface area contributed by atoms with E-state index in [1.54, 1.807) is 26.0 Å². The van der Waals surface area contributed by atoms with E-state index in [1.807, 2.05) is 0 Å². The van der Waals surface area contributed by atoms with Gasteiger partial charge in [0, 0.05) is 19.9 Å². The second-order valence-electron chi connectivity index (χ2n) is 8.88. The van der Waals surface area contributed by atoms with Crippen molar-refractivity contribution in [1.82, 2.24) is 16.0 Å². The lowest BCUT2D eigenvalue weighted by molar-refractivity contribution is -0.151. The smallest absolute Gasteiger partial charge is 0.328 e. The van der Waals surface area contributed by atoms with Gasteiger partial charge in [-0.3, -0.25) is 14.4 Å². The maximum absolute atomic E-state index is 12.1. The van der Waals surface area contributed by atoms with E-state index in [1.165, 1.54) is 26.0 Å². The summed E-state index contributed by atoms with van der Waals surface area (Å²) >= 11 is 0. The number of phenols is 1. The van der Waals surface area contributed by atoms with Crippen LogP contribution < -0.4 is 21.7 Å². The molecule has 1 rings (SSSR count). The van der Waals surface area contributed by atoms with Crippen molar-refractivity contribution in [3.63, 3.8) is 0 Å². The third-order valence-corrected chi connectivity index (χ3v) is 4.81. The minimum Gasteiger partial charge on any atom is -0.508 e. The zero-order chi connectivity index (χ0) is 28.4. The molecule has 37 heavy (non-hydrogen) atoms. The molecule has 0 heterocycles. The molecule has 208 valence electrons. The first-order chi connectivity index (χ1) is 17.3. The molecule has 11 heteroatoms. The molecule has 1 aromatic rings. The Morgan fingerprint density at radius 3 is 2.16 bits per heavy atom. The van der Waals surface area contributed by atoms with Gasteiger partial charge in [-0.2, -0.15) is 0 Å². The molecule has 1 aromatic carbocycles. The van der Waals surface area contributed by atoms with Gasteiger partial charge in [-0.25, -0.2) is 4.79 Å². The van der Waals surface area contributed by atoms with E-state index < -0.39 is 29.9 Å². The van der Waals surface area contributed by atoms with Gasteiger partial charge in [-0.15, -0.1) is 0 Å². The third kappa shape index (κ3) is 17.6. The SMILES string of the molecule is CC(=O)CCC(NC(=O)CNC(=O)C(N)Cc1ccc(O)cc1)C(=O)OC(C)C.CCCCNC(C)=O. The van der Waals surface area contributed by atoms with Gasteiger partial charge in [0.25, 0.3) is 0 Å². The standard InChI is InChI=1S/C20H29N3O6.C6H13NO/c1-12(2)29-20(28)17(9-4-13(3)24)23-18(26)11-22-19(27)16(21)10-14-5-7-15(25)8-6-14;1-3-4-5-7-6(2)8/h5-8,12,16-17,25H,4,9-11,21H2,1-3H3,(H,22,27)(H,23,26);3-5H2,1-2H3,(H,7,8). The van der Waals surface area contributed by atoms with Crippen LogP contribution in [0.1, 0.15) is 65.9 Å². The van der Waals surface area contributed by atoms with Crippen molar-refractivity contribution in [2.24, 2.45) is 5.73 Å². The number of ether oxygens (including phenoxy) is 1. The second-order valence-corrected chi connectivity index (χ2v) is 8.88. The summed E-state index contributed by atoms with van der Waals surface area (Å²) in [7, 11) is 0. The van der Waals surface area contributed by atoms with Crippen molar-refractivity contribution in [2.45, 2.75) is 84.9 Å². The van der Waals surface area contributed by atoms with Crippen molar-refractivity contribution >= 4 is 29.5 Å². The fraction of sp³-hybridized carbons (Fsp3) is 0.577. The van der Waals surface area contributed by atoms with E-state index in [0.717, 1.165) is 24.9 Å². The zero-order valence-corrected chi connectivity index (χ0v) is 22.5. The first kappa shape index (κ1) is 33.5. The van der Waals surface area contributed by atoms with E-state index in [-0.39, 0.29) is 49.4 Å². The van der Waals surface area contributed by atoms with E-state index in [2.05, 4.69) is 22.9 Å². The maximum atomic E-state index is 12.1. The van der Waals surface area contributed by atoms with Crippen LogP contribution in [0.4, 0.5) is 0 Å². The van der Waals surface area contributed by atoms with Crippen molar-refractivity contribution in [1.29, 1.82) is 0 Å². The number of nitrogens with one attached hydrogen (secondary N) is 3. The summed E-state index contributed by atoms with van der Waals surface area (Å²) in [6, 6.07) is 4.42. The van der Waals surface area contributed by atoms with Gasteiger partial charge in [0.2, 0.25) is 17.7 Å². The lowest BCUT2D eigenvalue weighted by Gasteiger charge is -2.19. The first-order valence-electron chi connectivity index (χ1n) is 12.4. The molecule has 2 unspecified atom stereocenters. The normalized spacial score (nSPS) is 11.9. The Morgan fingerprint density at radius 2 is 1.65 bits per heavy atom. The minimum absolute atomic E-state index is 0.0680. The molecule has 0 aromatic heterocycles. The maximum Gasteiger partial charge on any atom is 0.328 e. The molecule has 3 amide bonds. The topological polar surface area (TPSA) is 177 Å². The van der Waals surface area contributed by atoms with Crippen LogP contribution in [0.3, 0.4) is 0 Å². The fourth-order valence-corrected chi connectivity index (χ4v) is 2.87. The number of hydrogen-bond donors (Lipinski definition) is 5. The minimum atomic E-state index is -0.976. The Hall–Kier alpha value is -3.47. The van der Waals surface area contributed by atoms with Gasteiger partial charge in [-0.1, -0.05) is 25.5 Å². The van der Waals surface area contributed by atoms with Crippen LogP contribution in [0.15, 0.2) is 24.3 Å². The van der Waals surface area contributed by atoms with E-state index in [9.17, 15) is 29.1 Å². The lowest BCUT2D eigenvalue weighted by Crippen LogP contribution is -2.49. The molecule has 2 atom stereocenters. The highest BCUT2D eigenvalue weighted by molar-refractivity contribution is 5.90. The number of unbranched alkanes of at least 4 members (excludes halogenated alkanes) is 1. The molecule has 0 radical (unpaired) electrons. The Kier molecular flexibility index (Phi) is 17.0. The summed E-state index contributed by atoms with van der Waals surface area (Å²) in [6.45, 7) is 8.84. The predicted octanol–water partition coefficient (Wildman–Crippen LogP) is 1.11. The molecule has 0 fully saturated rings. The van der Waals surface area contributed by atoms with Gasteiger partial charge >= 0.3 is 5.97 Å². The number of nitrogens with two attached hydrogens (primary N) is 1. The summed E-state index contributed by atoms with van der Waals surface area (Å²) in [4.78, 5) is 57.7. The van der Waals surface area contributed by atoms with Crippen LogP contribution in [0.5, 0.6) is 5.75 Å². The van der Waals surface area contributed by atoms with Crippen LogP contribution in [-0.4, -0.2) is 65.9 Å². The number of amides is 3. The zero-order valence-electron chi connectivity index (χ0n) is 22.5. The molecule has 0 bridgehead atoms. The monoisotopic (exact) mass is 522 g/mol. The number of Topliss-reactive ketones (excluding diaryl/α,β-unsaturated/α-hetero) is 1. The number of rotatable bonds is 14. The number of ketones is 1. The molecule has 0 saturated carbocycles. The van der Waals surface area contributed by atoms with Crippen LogP contribution in [0.25, 0.3) is 0 Å². The van der Waals surface area contributed by atoms with Gasteiger partial charge in [0.1, 0.15) is 17.6 Å².